The summed E-state index contributed by atoms with van der Waals surface area (Å²) in [6, 6.07) is 20.8. The van der Waals surface area contributed by atoms with Crippen molar-refractivity contribution in [2.75, 3.05) is 13.4 Å². The van der Waals surface area contributed by atoms with E-state index < -0.39 is 10.0 Å². The second-order valence-corrected chi connectivity index (χ2v) is 10.5. The molecule has 0 spiro atoms. The highest BCUT2D eigenvalue weighted by molar-refractivity contribution is 7.89. The summed E-state index contributed by atoms with van der Waals surface area (Å²) < 4.78 is 36.7. The van der Waals surface area contributed by atoms with E-state index in [4.69, 9.17) is 9.47 Å². The summed E-state index contributed by atoms with van der Waals surface area (Å²) in [6.45, 7) is 0.377. The first-order valence-corrected chi connectivity index (χ1v) is 13.7. The first kappa shape index (κ1) is 25.0. The van der Waals surface area contributed by atoms with Gasteiger partial charge >= 0.3 is 0 Å². The molecule has 5 aromatic rings. The summed E-state index contributed by atoms with van der Waals surface area (Å²) in [5.41, 5.74) is 4.82. The summed E-state index contributed by atoms with van der Waals surface area (Å²) in [5.74, 6) is 1.38. The summed E-state index contributed by atoms with van der Waals surface area (Å²) in [6.07, 6.45) is 12.1. The zero-order valence-corrected chi connectivity index (χ0v) is 21.7. The smallest absolute Gasteiger partial charge is 0.236 e. The van der Waals surface area contributed by atoms with Gasteiger partial charge in [-0.15, -0.1) is 0 Å². The van der Waals surface area contributed by atoms with E-state index in [1.807, 2.05) is 85.0 Å². The van der Waals surface area contributed by atoms with Crippen LogP contribution in [0.1, 0.15) is 28.2 Å². The molecule has 3 aromatic heterocycles. The molecule has 192 valence electrons. The number of ether oxygens (including phenoxy) is 2. The van der Waals surface area contributed by atoms with Gasteiger partial charge in [0.15, 0.2) is 0 Å². The Bertz CT molecular complexity index is 1740. The number of nitrogens with one attached hydrogen (secondary N) is 1. The molecule has 0 fully saturated rings. The lowest BCUT2D eigenvalue weighted by molar-refractivity contribution is 0.299. The van der Waals surface area contributed by atoms with Gasteiger partial charge in [0.05, 0.1) is 36.0 Å². The summed E-state index contributed by atoms with van der Waals surface area (Å²) in [4.78, 5) is 4.27. The quantitative estimate of drug-likeness (QED) is 0.272. The predicted octanol–water partition coefficient (Wildman–Crippen LogP) is 5.50. The lowest BCUT2D eigenvalue weighted by Gasteiger charge is -2.09. The molecule has 8 nitrogen and oxygen atoms in total. The maximum Gasteiger partial charge on any atom is 0.236 e. The number of nitrogens with zero attached hydrogens (tertiary/aromatic N) is 3. The molecule has 1 N–H and O–H groups in total. The molecular weight excluding hydrogens is 500 g/mol. The fourth-order valence-electron chi connectivity index (χ4n) is 3.96. The van der Waals surface area contributed by atoms with Crippen LogP contribution in [-0.2, 0) is 16.6 Å². The molecule has 0 unspecified atom stereocenters. The maximum atomic E-state index is 12.0. The SMILES string of the molecule is COc1cc(OCc2ccccn2)ccc1C=Cc1cc(C=Cc2ccc3ccn(S(C)(=O)=O)c3c2)n[nH]1. The van der Waals surface area contributed by atoms with Crippen molar-refractivity contribution in [3.05, 3.63) is 107 Å². The Hall–Kier alpha value is -4.63. The van der Waals surface area contributed by atoms with Crippen molar-refractivity contribution < 1.29 is 17.9 Å². The van der Waals surface area contributed by atoms with Gasteiger partial charge < -0.3 is 9.47 Å². The Morgan fingerprint density at radius 2 is 1.87 bits per heavy atom. The van der Waals surface area contributed by atoms with Crippen molar-refractivity contribution in [3.8, 4) is 11.5 Å². The Morgan fingerprint density at radius 3 is 2.66 bits per heavy atom. The van der Waals surface area contributed by atoms with E-state index in [2.05, 4.69) is 15.2 Å². The number of aromatic amines is 1. The van der Waals surface area contributed by atoms with E-state index in [0.717, 1.165) is 33.6 Å². The zero-order valence-electron chi connectivity index (χ0n) is 20.9. The van der Waals surface area contributed by atoms with Crippen LogP contribution >= 0.6 is 0 Å². The summed E-state index contributed by atoms with van der Waals surface area (Å²) >= 11 is 0. The predicted molar refractivity (Wildman–Crippen MR) is 150 cm³/mol. The molecule has 0 aliphatic heterocycles. The van der Waals surface area contributed by atoms with Crippen LogP contribution in [0.2, 0.25) is 0 Å². The standard InChI is InChI=1S/C29H26N4O4S/c1-36-29-19-27(37-20-26-5-3-4-15-30-26)13-10-23(29)9-12-25-18-24(31-32-25)11-7-21-6-8-22-14-16-33(28(22)17-21)38(2,34)35/h3-19H,20H2,1-2H3,(H,31,32). The molecule has 0 radical (unpaired) electrons. The number of hydrogen-bond donors (Lipinski definition) is 1. The Balaban J connectivity index is 1.27. The van der Waals surface area contributed by atoms with E-state index in [1.54, 1.807) is 25.6 Å². The van der Waals surface area contributed by atoms with E-state index in [1.165, 1.54) is 10.2 Å². The number of methoxy groups -OCH3 is 1. The van der Waals surface area contributed by atoms with Crippen molar-refractivity contribution in [1.82, 2.24) is 19.2 Å². The minimum Gasteiger partial charge on any atom is -0.496 e. The van der Waals surface area contributed by atoms with Gasteiger partial charge in [-0.1, -0.05) is 24.3 Å². The third-order valence-electron chi connectivity index (χ3n) is 5.86. The maximum absolute atomic E-state index is 12.0. The Kier molecular flexibility index (Phi) is 7.10. The molecule has 0 saturated carbocycles. The van der Waals surface area contributed by atoms with Crippen LogP contribution in [0.25, 0.3) is 35.2 Å². The molecule has 0 aliphatic carbocycles. The van der Waals surface area contributed by atoms with Gasteiger partial charge in [0, 0.05) is 29.4 Å². The van der Waals surface area contributed by atoms with Crippen molar-refractivity contribution in [3.63, 3.8) is 0 Å². The third-order valence-corrected chi connectivity index (χ3v) is 6.90. The van der Waals surface area contributed by atoms with Crippen molar-refractivity contribution >= 4 is 45.2 Å². The average Bonchev–Trinajstić information content (AvgIpc) is 3.57. The number of rotatable bonds is 9. The molecule has 0 atom stereocenters. The third kappa shape index (κ3) is 5.84. The van der Waals surface area contributed by atoms with Crippen LogP contribution < -0.4 is 9.47 Å². The fourth-order valence-corrected chi connectivity index (χ4v) is 4.76. The van der Waals surface area contributed by atoms with Gasteiger partial charge in [0.2, 0.25) is 10.0 Å². The monoisotopic (exact) mass is 526 g/mol. The summed E-state index contributed by atoms with van der Waals surface area (Å²) in [5, 5.41) is 8.22. The highest BCUT2D eigenvalue weighted by Crippen LogP contribution is 2.27. The zero-order chi connectivity index (χ0) is 26.5. The van der Waals surface area contributed by atoms with Crippen molar-refractivity contribution in [1.29, 1.82) is 0 Å². The molecule has 0 aliphatic rings. The highest BCUT2D eigenvalue weighted by atomic mass is 32.2. The van der Waals surface area contributed by atoms with E-state index in [9.17, 15) is 8.42 Å². The van der Waals surface area contributed by atoms with Gasteiger partial charge in [-0.05, 0) is 66.3 Å². The molecule has 38 heavy (non-hydrogen) atoms. The van der Waals surface area contributed by atoms with Crippen molar-refractivity contribution in [2.24, 2.45) is 0 Å². The van der Waals surface area contributed by atoms with E-state index >= 15 is 0 Å². The number of fused-ring (bicyclic) bond motifs is 1. The van der Waals surface area contributed by atoms with Crippen LogP contribution in [0.5, 0.6) is 11.5 Å². The van der Waals surface area contributed by atoms with Gasteiger partial charge in [-0.2, -0.15) is 5.10 Å². The van der Waals surface area contributed by atoms with Crippen LogP contribution in [-0.4, -0.2) is 40.9 Å². The fraction of sp³-hybridized carbons (Fsp3) is 0.103. The first-order chi connectivity index (χ1) is 18.4. The normalized spacial score (nSPS) is 12.1. The molecule has 0 amide bonds. The lowest BCUT2D eigenvalue weighted by Crippen LogP contribution is -2.07. The largest absolute Gasteiger partial charge is 0.496 e. The highest BCUT2D eigenvalue weighted by Gasteiger charge is 2.10. The van der Waals surface area contributed by atoms with Crippen LogP contribution in [0.3, 0.4) is 0 Å². The van der Waals surface area contributed by atoms with Crippen LogP contribution in [0.4, 0.5) is 0 Å². The summed E-state index contributed by atoms with van der Waals surface area (Å²) in [7, 11) is -1.75. The molecule has 0 saturated heterocycles. The number of benzene rings is 2. The second kappa shape index (κ2) is 10.8. The number of pyridine rings is 1. The lowest BCUT2D eigenvalue weighted by atomic mass is 10.1. The van der Waals surface area contributed by atoms with Gasteiger partial charge in [-0.25, -0.2) is 12.4 Å². The van der Waals surface area contributed by atoms with E-state index in [0.29, 0.717) is 23.6 Å². The van der Waals surface area contributed by atoms with Gasteiger partial charge in [0.25, 0.3) is 0 Å². The van der Waals surface area contributed by atoms with E-state index in [-0.39, 0.29) is 0 Å². The first-order valence-electron chi connectivity index (χ1n) is 11.8. The Labute approximate surface area is 220 Å². The minimum absolute atomic E-state index is 0.377. The molecule has 9 heteroatoms. The van der Waals surface area contributed by atoms with Gasteiger partial charge in [-0.3, -0.25) is 10.1 Å². The average molecular weight is 527 g/mol. The molecule has 2 aromatic carbocycles. The molecular formula is C29H26N4O4S. The minimum atomic E-state index is -3.37. The molecule has 0 bridgehead atoms. The second-order valence-electron chi connectivity index (χ2n) is 8.62. The number of hydrogen-bond acceptors (Lipinski definition) is 6. The number of aromatic nitrogens is 4. The van der Waals surface area contributed by atoms with Crippen LogP contribution in [0.15, 0.2) is 79.1 Å². The van der Waals surface area contributed by atoms with Gasteiger partial charge in [0.1, 0.15) is 18.1 Å². The van der Waals surface area contributed by atoms with Crippen LogP contribution in [0, 0.1) is 0 Å². The van der Waals surface area contributed by atoms with Crippen molar-refractivity contribution in [2.45, 2.75) is 6.61 Å². The topological polar surface area (TPSA) is 99.1 Å². The molecule has 3 heterocycles. The number of H-pyrrole nitrogens is 1. The molecule has 5 rings (SSSR count). The Morgan fingerprint density at radius 1 is 0.974 bits per heavy atom.